The number of benzene rings is 1. The van der Waals surface area contributed by atoms with Crippen molar-refractivity contribution in [2.45, 2.75) is 38.5 Å². The third-order valence-electron chi connectivity index (χ3n) is 6.22. The molecule has 4 aromatic rings. The quantitative estimate of drug-likeness (QED) is 0.512. The van der Waals surface area contributed by atoms with Crippen LogP contribution in [0.5, 0.6) is 0 Å². The van der Waals surface area contributed by atoms with Gasteiger partial charge in [-0.05, 0) is 30.7 Å². The maximum absolute atomic E-state index is 5.09. The third-order valence-corrected chi connectivity index (χ3v) is 6.22. The number of nitrogens with zero attached hydrogens (tertiary/aromatic N) is 4. The van der Waals surface area contributed by atoms with E-state index in [1.54, 1.807) is 0 Å². The molecule has 0 radical (unpaired) electrons. The Hall–Kier alpha value is -2.88. The fourth-order valence-electron chi connectivity index (χ4n) is 4.59. The average molecular weight is 354 g/mol. The largest absolute Gasteiger partial charge is 0.311 e. The van der Waals surface area contributed by atoms with E-state index in [9.17, 15) is 0 Å². The summed E-state index contributed by atoms with van der Waals surface area (Å²) in [5.41, 5.74) is 4.81. The van der Waals surface area contributed by atoms with Crippen molar-refractivity contribution in [1.29, 1.82) is 0 Å². The highest BCUT2D eigenvalue weighted by molar-refractivity contribution is 5.94. The lowest BCUT2D eigenvalue weighted by Gasteiger charge is -2.11. The van der Waals surface area contributed by atoms with Crippen molar-refractivity contribution in [3.63, 3.8) is 0 Å². The number of rotatable bonds is 2. The van der Waals surface area contributed by atoms with E-state index < -0.39 is 0 Å². The smallest absolute Gasteiger partial charge is 0.145 e. The second-order valence-electron chi connectivity index (χ2n) is 8.14. The lowest BCUT2D eigenvalue weighted by atomic mass is 10.1. The molecule has 4 heteroatoms. The number of hydrogen-bond acceptors (Lipinski definition) is 2. The van der Waals surface area contributed by atoms with Gasteiger partial charge in [-0.2, -0.15) is 0 Å². The van der Waals surface area contributed by atoms with Crippen LogP contribution in [0.2, 0.25) is 0 Å². The molecule has 3 atom stereocenters. The number of aromatic nitrogens is 4. The number of hydrogen-bond donors (Lipinski definition) is 0. The average Bonchev–Trinajstić information content (AvgIpc) is 3.24. The van der Waals surface area contributed by atoms with E-state index in [1.807, 2.05) is 0 Å². The number of allylic oxidation sites excluding steroid dienone is 1. The van der Waals surface area contributed by atoms with Gasteiger partial charge in [-0.15, -0.1) is 0 Å². The molecule has 0 saturated heterocycles. The summed E-state index contributed by atoms with van der Waals surface area (Å²) in [4.78, 5) is 10.0. The van der Waals surface area contributed by atoms with Gasteiger partial charge < -0.3 is 8.97 Å². The first-order valence-corrected chi connectivity index (χ1v) is 9.81. The third kappa shape index (κ3) is 2.22. The Morgan fingerprint density at radius 3 is 2.89 bits per heavy atom. The Morgan fingerprint density at radius 1 is 1.07 bits per heavy atom. The van der Waals surface area contributed by atoms with Gasteiger partial charge in [-0.25, -0.2) is 9.97 Å². The first-order valence-electron chi connectivity index (χ1n) is 9.81. The molecule has 0 amide bonds. The first-order chi connectivity index (χ1) is 13.2. The van der Waals surface area contributed by atoms with Crippen LogP contribution in [0, 0.1) is 12.8 Å². The van der Waals surface area contributed by atoms with Gasteiger partial charge in [0.25, 0.3) is 0 Å². The van der Waals surface area contributed by atoms with Crippen LogP contribution < -0.4 is 0 Å². The normalized spacial score (nSPS) is 23.9. The van der Waals surface area contributed by atoms with Gasteiger partial charge in [0.05, 0.1) is 11.4 Å². The summed E-state index contributed by atoms with van der Waals surface area (Å²) >= 11 is 0. The molecule has 1 aliphatic heterocycles. The highest BCUT2D eigenvalue weighted by atomic mass is 15.1. The molecule has 0 spiro atoms. The van der Waals surface area contributed by atoms with Gasteiger partial charge >= 0.3 is 0 Å². The summed E-state index contributed by atoms with van der Waals surface area (Å²) in [5, 5.41) is 2.47. The fourth-order valence-corrected chi connectivity index (χ4v) is 4.59. The minimum absolute atomic E-state index is 0.488. The molecule has 27 heavy (non-hydrogen) atoms. The first kappa shape index (κ1) is 15.2. The molecule has 2 aliphatic rings. The zero-order valence-electron chi connectivity index (χ0n) is 15.6. The van der Waals surface area contributed by atoms with E-state index in [0.717, 1.165) is 18.5 Å². The summed E-state index contributed by atoms with van der Waals surface area (Å²) in [6.45, 7) is 4.45. The molecule has 4 nitrogen and oxygen atoms in total. The molecule has 4 heterocycles. The molecular formula is C23H22N4. The van der Waals surface area contributed by atoms with E-state index in [0.29, 0.717) is 17.8 Å². The number of aryl methyl sites for hydroxylation is 1. The molecule has 3 aromatic heterocycles. The van der Waals surface area contributed by atoms with Crippen molar-refractivity contribution in [1.82, 2.24) is 18.9 Å². The molecule has 0 bridgehead atoms. The zero-order valence-corrected chi connectivity index (χ0v) is 15.6. The lowest BCUT2D eigenvalue weighted by Crippen LogP contribution is -2.07. The summed E-state index contributed by atoms with van der Waals surface area (Å²) in [6.07, 6.45) is 11.0. The molecule has 1 aromatic carbocycles. The van der Waals surface area contributed by atoms with Gasteiger partial charge in [-0.3, -0.25) is 0 Å². The molecular weight excluding hydrogens is 332 g/mol. The predicted octanol–water partition coefficient (Wildman–Crippen LogP) is 4.93. The fraction of sp³-hybridized carbons (Fsp3) is 0.304. The monoisotopic (exact) mass is 354 g/mol. The summed E-state index contributed by atoms with van der Waals surface area (Å²) < 4.78 is 4.45. The molecule has 6 rings (SSSR count). The van der Waals surface area contributed by atoms with Gasteiger partial charge in [0.2, 0.25) is 0 Å². The molecule has 1 fully saturated rings. The minimum atomic E-state index is 0.488. The van der Waals surface area contributed by atoms with Crippen molar-refractivity contribution in [2.75, 3.05) is 0 Å². The van der Waals surface area contributed by atoms with Crippen molar-refractivity contribution >= 4 is 22.6 Å². The van der Waals surface area contributed by atoms with Crippen LogP contribution in [0.1, 0.15) is 48.1 Å². The highest BCUT2D eigenvalue weighted by Crippen LogP contribution is 2.55. The highest BCUT2D eigenvalue weighted by Gasteiger charge is 2.44. The van der Waals surface area contributed by atoms with Gasteiger partial charge in [0.15, 0.2) is 0 Å². The second kappa shape index (κ2) is 5.32. The van der Waals surface area contributed by atoms with Gasteiger partial charge in [-0.1, -0.05) is 37.3 Å². The Bertz CT molecular complexity index is 1230. The van der Waals surface area contributed by atoms with Crippen molar-refractivity contribution in [3.05, 3.63) is 71.7 Å². The predicted molar refractivity (Wildman–Crippen MR) is 108 cm³/mol. The molecule has 3 unspecified atom stereocenters. The Labute approximate surface area is 158 Å². The lowest BCUT2D eigenvalue weighted by molar-refractivity contribution is 0.661. The summed E-state index contributed by atoms with van der Waals surface area (Å²) in [5.74, 6) is 2.77. The van der Waals surface area contributed by atoms with Crippen LogP contribution in [0.25, 0.3) is 22.6 Å². The molecule has 0 N–H and O–H groups in total. The van der Waals surface area contributed by atoms with Crippen LogP contribution in [-0.4, -0.2) is 18.9 Å². The molecule has 1 aliphatic carbocycles. The summed E-state index contributed by atoms with van der Waals surface area (Å²) in [7, 11) is 0. The van der Waals surface area contributed by atoms with Crippen molar-refractivity contribution in [3.8, 4) is 0 Å². The van der Waals surface area contributed by atoms with E-state index in [1.165, 1.54) is 33.7 Å². The van der Waals surface area contributed by atoms with Gasteiger partial charge in [0.1, 0.15) is 11.5 Å². The second-order valence-corrected chi connectivity index (χ2v) is 8.14. The topological polar surface area (TPSA) is 35.1 Å². The van der Waals surface area contributed by atoms with Crippen LogP contribution in [0.15, 0.2) is 48.8 Å². The van der Waals surface area contributed by atoms with E-state index >= 15 is 0 Å². The van der Waals surface area contributed by atoms with Gasteiger partial charge in [0, 0.05) is 47.9 Å². The number of fused-ring (bicyclic) bond motifs is 4. The summed E-state index contributed by atoms with van der Waals surface area (Å²) in [6, 6.07) is 10.7. The van der Waals surface area contributed by atoms with Crippen LogP contribution >= 0.6 is 0 Å². The molecule has 1 saturated carbocycles. The van der Waals surface area contributed by atoms with Crippen molar-refractivity contribution < 1.29 is 0 Å². The Morgan fingerprint density at radius 2 is 1.96 bits per heavy atom. The number of imidazole rings is 2. The Kier molecular flexibility index (Phi) is 2.99. The number of pyridine rings is 1. The van der Waals surface area contributed by atoms with Crippen LogP contribution in [-0.2, 0) is 6.42 Å². The standard InChI is InChI=1S/C23H22N4/c1-14-7-9-26-13-20(24-21(26)11-14)18-12-19(18)22-15(2)27-10-8-16-5-3-4-6-17(16)23(27)25-22/h3-10,13-14,18-19H,11-12H2,1-2H3. The Balaban J connectivity index is 1.39. The maximum Gasteiger partial charge on any atom is 0.145 e. The van der Waals surface area contributed by atoms with Crippen molar-refractivity contribution in [2.24, 2.45) is 5.92 Å². The minimum Gasteiger partial charge on any atom is -0.311 e. The van der Waals surface area contributed by atoms with E-state index in [2.05, 4.69) is 77.8 Å². The maximum atomic E-state index is 5.09. The van der Waals surface area contributed by atoms with E-state index in [4.69, 9.17) is 9.97 Å². The van der Waals surface area contributed by atoms with Crippen LogP contribution in [0.3, 0.4) is 0 Å². The SMILES string of the molecule is Cc1c(C2CC2c2cn3c(n2)CC(C)C=C3)nc2c3ccccc3ccn12. The van der Waals surface area contributed by atoms with E-state index in [-0.39, 0.29) is 0 Å². The molecule has 134 valence electrons. The van der Waals surface area contributed by atoms with Crippen LogP contribution in [0.4, 0.5) is 0 Å². The zero-order chi connectivity index (χ0) is 18.1.